The molecule has 0 saturated heterocycles. The van der Waals surface area contributed by atoms with Gasteiger partial charge in [0.25, 0.3) is 0 Å². The molecular formula is C44H42NO6PS. The summed E-state index contributed by atoms with van der Waals surface area (Å²) >= 11 is 6.37. The van der Waals surface area contributed by atoms with Gasteiger partial charge < -0.3 is 28.0 Å². The van der Waals surface area contributed by atoms with Gasteiger partial charge in [0, 0.05) is 51.9 Å². The van der Waals surface area contributed by atoms with Crippen LogP contribution >= 0.6 is 6.64 Å². The fraction of sp³-hybridized carbons (Fsp3) is 0.227. The van der Waals surface area contributed by atoms with Crippen molar-refractivity contribution in [1.29, 1.82) is 0 Å². The second kappa shape index (κ2) is 13.8. The summed E-state index contributed by atoms with van der Waals surface area (Å²) in [6.07, 6.45) is 0.116. The lowest BCUT2D eigenvalue weighted by molar-refractivity contribution is 0.242. The van der Waals surface area contributed by atoms with Crippen LogP contribution in [0.25, 0.3) is 54.2 Å². The quantitative estimate of drug-likeness (QED) is 0.116. The number of rotatable bonds is 9. The molecule has 0 aliphatic carbocycles. The first-order chi connectivity index (χ1) is 25.6. The van der Waals surface area contributed by atoms with Gasteiger partial charge in [0.1, 0.15) is 34.5 Å². The number of benzene rings is 7. The molecule has 1 heterocycles. The van der Waals surface area contributed by atoms with Crippen molar-refractivity contribution in [3.63, 3.8) is 0 Å². The Hall–Kier alpha value is -5.01. The molecule has 0 bridgehead atoms. The maximum Gasteiger partial charge on any atom is 0.365 e. The van der Waals surface area contributed by atoms with Crippen molar-refractivity contribution in [2.45, 2.75) is 52.9 Å². The first-order valence-electron chi connectivity index (χ1n) is 17.9. The third kappa shape index (κ3) is 6.39. The van der Waals surface area contributed by atoms with Gasteiger partial charge in [-0.25, -0.2) is 5.09 Å². The highest BCUT2D eigenvalue weighted by Gasteiger charge is 2.35. The fourth-order valence-electron chi connectivity index (χ4n) is 7.41. The van der Waals surface area contributed by atoms with E-state index in [-0.39, 0.29) is 18.2 Å². The van der Waals surface area contributed by atoms with Crippen LogP contribution in [0.4, 0.5) is 0 Å². The van der Waals surface area contributed by atoms with Crippen LogP contribution in [0.15, 0.2) is 103 Å². The number of nitrogens with one attached hydrogen (secondary N) is 1. The van der Waals surface area contributed by atoms with Crippen LogP contribution in [-0.4, -0.2) is 26.4 Å². The van der Waals surface area contributed by atoms with E-state index >= 15 is 0 Å². The van der Waals surface area contributed by atoms with E-state index in [4.69, 9.17) is 39.8 Å². The number of ether oxygens (including phenoxy) is 4. The van der Waals surface area contributed by atoms with Crippen LogP contribution < -0.4 is 33.1 Å². The number of hydrogen-bond donors (Lipinski definition) is 1. The van der Waals surface area contributed by atoms with Crippen LogP contribution in [-0.2, 0) is 11.8 Å². The van der Waals surface area contributed by atoms with E-state index in [2.05, 4.69) is 72.7 Å². The van der Waals surface area contributed by atoms with Gasteiger partial charge >= 0.3 is 6.64 Å². The predicted molar refractivity (Wildman–Crippen MR) is 220 cm³/mol. The molecule has 53 heavy (non-hydrogen) atoms. The number of fused-ring (bicyclic) bond motifs is 11. The van der Waals surface area contributed by atoms with Crippen molar-refractivity contribution in [2.24, 2.45) is 0 Å². The van der Waals surface area contributed by atoms with Crippen molar-refractivity contribution in [3.8, 4) is 45.6 Å². The summed E-state index contributed by atoms with van der Waals surface area (Å²) in [5.74, 6) is 4.13. The number of methoxy groups -OCH3 is 2. The molecule has 8 rings (SSSR count). The van der Waals surface area contributed by atoms with Crippen LogP contribution in [0.2, 0.25) is 0 Å². The highest BCUT2D eigenvalue weighted by molar-refractivity contribution is 8.09. The van der Waals surface area contributed by atoms with Crippen molar-refractivity contribution in [2.75, 3.05) is 14.2 Å². The van der Waals surface area contributed by atoms with E-state index < -0.39 is 6.64 Å². The van der Waals surface area contributed by atoms with Gasteiger partial charge in [-0.1, -0.05) is 54.6 Å². The Morgan fingerprint density at radius 2 is 1.02 bits per heavy atom. The molecule has 0 fully saturated rings. The molecule has 270 valence electrons. The molecule has 1 aliphatic heterocycles. The summed E-state index contributed by atoms with van der Waals surface area (Å²) in [5.41, 5.74) is 2.81. The average molecular weight is 744 g/mol. The lowest BCUT2D eigenvalue weighted by Crippen LogP contribution is -2.21. The largest absolute Gasteiger partial charge is 0.496 e. The molecule has 1 atom stereocenters. The number of hydrogen-bond acceptors (Lipinski definition) is 7. The first-order valence-corrected chi connectivity index (χ1v) is 20.5. The topological polar surface area (TPSA) is 67.4 Å². The Kier molecular flexibility index (Phi) is 9.10. The highest BCUT2D eigenvalue weighted by atomic mass is 32.5. The summed E-state index contributed by atoms with van der Waals surface area (Å²) in [5, 5.41) is 11.5. The normalized spacial score (nSPS) is 14.1. The van der Waals surface area contributed by atoms with Gasteiger partial charge in [0.05, 0.1) is 26.4 Å². The molecule has 1 N–H and O–H groups in total. The van der Waals surface area contributed by atoms with Crippen molar-refractivity contribution >= 4 is 61.5 Å². The zero-order valence-corrected chi connectivity index (χ0v) is 32.6. The zero-order valence-electron chi connectivity index (χ0n) is 30.9. The van der Waals surface area contributed by atoms with E-state index in [9.17, 15) is 0 Å². The summed E-state index contributed by atoms with van der Waals surface area (Å²) in [6, 6.07) is 34.8. The predicted octanol–water partition coefficient (Wildman–Crippen LogP) is 11.9. The molecule has 0 spiro atoms. The Bertz CT molecular complexity index is 2440. The first kappa shape index (κ1) is 35.0. The average Bonchev–Trinajstić information content (AvgIpc) is 3.26. The summed E-state index contributed by atoms with van der Waals surface area (Å²) < 4.78 is 38.3. The van der Waals surface area contributed by atoms with Gasteiger partial charge in [-0.2, -0.15) is 0 Å². The molecule has 9 heteroatoms. The van der Waals surface area contributed by atoms with Crippen molar-refractivity contribution < 1.29 is 28.0 Å². The van der Waals surface area contributed by atoms with E-state index in [1.807, 2.05) is 70.2 Å². The smallest absolute Gasteiger partial charge is 0.365 e. The van der Waals surface area contributed by atoms with Gasteiger partial charge in [0.15, 0.2) is 0 Å². The standard InChI is InChI=1S/C44H42NO6PS/c1-25(2)48-31-15-19-33-29(21-31)13-17-35-41(33)37(46-6)23-39-43(35)44-36-18-14-30-22-32(49-26(3)4)16-20-34(30)42(36)38(47-7)24-40(44)51-52(53,50-39)45-27(5)28-11-9-8-10-12-28/h8-27H,1-7H3,(H,45,53)/t27-/m1/s1. The molecule has 0 aromatic heterocycles. The molecule has 0 radical (unpaired) electrons. The van der Waals surface area contributed by atoms with Crippen LogP contribution in [0.1, 0.15) is 46.2 Å². The molecular weight excluding hydrogens is 702 g/mol. The summed E-state index contributed by atoms with van der Waals surface area (Å²) in [4.78, 5) is 0. The third-order valence-corrected chi connectivity index (χ3v) is 11.9. The molecule has 7 aromatic carbocycles. The molecule has 7 nitrogen and oxygen atoms in total. The van der Waals surface area contributed by atoms with Gasteiger partial charge in [-0.05, 0) is 109 Å². The Morgan fingerprint density at radius 3 is 1.45 bits per heavy atom. The van der Waals surface area contributed by atoms with Gasteiger partial charge in [-0.3, -0.25) is 0 Å². The van der Waals surface area contributed by atoms with E-state index in [1.165, 1.54) is 0 Å². The van der Waals surface area contributed by atoms with E-state index in [1.54, 1.807) is 14.2 Å². The molecule has 0 unspecified atom stereocenters. The van der Waals surface area contributed by atoms with E-state index in [0.717, 1.165) is 71.3 Å². The monoisotopic (exact) mass is 743 g/mol. The molecule has 7 aromatic rings. The second-order valence-electron chi connectivity index (χ2n) is 13.9. The third-order valence-electron chi connectivity index (χ3n) is 9.55. The molecule has 1 aliphatic rings. The van der Waals surface area contributed by atoms with Gasteiger partial charge in [-0.15, -0.1) is 0 Å². The fourth-order valence-corrected chi connectivity index (χ4v) is 9.94. The van der Waals surface area contributed by atoms with E-state index in [0.29, 0.717) is 23.0 Å². The summed E-state index contributed by atoms with van der Waals surface area (Å²) in [6.45, 7) is 6.92. The lowest BCUT2D eigenvalue weighted by atomic mass is 9.88. The minimum Gasteiger partial charge on any atom is -0.496 e. The maximum atomic E-state index is 6.94. The Balaban J connectivity index is 1.44. The van der Waals surface area contributed by atoms with Crippen molar-refractivity contribution in [1.82, 2.24) is 5.09 Å². The summed E-state index contributed by atoms with van der Waals surface area (Å²) in [7, 11) is 3.37. The van der Waals surface area contributed by atoms with Crippen molar-refractivity contribution in [3.05, 3.63) is 109 Å². The molecule has 0 amide bonds. The minimum absolute atomic E-state index is 0.0581. The van der Waals surface area contributed by atoms with Crippen LogP contribution in [0.3, 0.4) is 0 Å². The lowest BCUT2D eigenvalue weighted by Gasteiger charge is -2.26. The zero-order chi connectivity index (χ0) is 37.0. The van der Waals surface area contributed by atoms with Gasteiger partial charge in [0.2, 0.25) is 0 Å². The SMILES string of the molecule is COc1cc2c(c3ccc4cc(OC(C)C)ccc4c13)-c1c(cc(OC)c3c1ccc1cc(OC(C)C)ccc13)OP(=S)(N[C@H](C)c1ccccc1)O2. The van der Waals surface area contributed by atoms with Crippen LogP contribution in [0.5, 0.6) is 34.5 Å². The van der Waals surface area contributed by atoms with Crippen LogP contribution in [0, 0.1) is 0 Å². The Morgan fingerprint density at radius 1 is 0.566 bits per heavy atom. The maximum absolute atomic E-state index is 6.94. The Labute approximate surface area is 314 Å². The molecule has 0 saturated carbocycles. The second-order valence-corrected chi connectivity index (χ2v) is 17.0. The highest BCUT2D eigenvalue weighted by Crippen LogP contribution is 2.61. The minimum atomic E-state index is -3.26.